The molecular weight excluding hydrogens is 244 g/mol. The number of rotatable bonds is 2. The van der Waals surface area contributed by atoms with Crippen LogP contribution in [0.4, 0.5) is 8.78 Å². The van der Waals surface area contributed by atoms with Gasteiger partial charge >= 0.3 is 0 Å². The van der Waals surface area contributed by atoms with Crippen LogP contribution in [-0.2, 0) is 6.42 Å². The standard InChI is InChI=1S/C16H19F2N/c1-15(2)3-5-16(11-19,6-4-15)10-12-7-13(17)9-14(18)8-12/h7-9H,3-6,10H2,1-2H3. The Labute approximate surface area is 113 Å². The molecule has 0 bridgehead atoms. The van der Waals surface area contributed by atoms with Crippen LogP contribution in [0.1, 0.15) is 45.1 Å². The van der Waals surface area contributed by atoms with E-state index in [1.807, 2.05) is 0 Å². The highest BCUT2D eigenvalue weighted by Gasteiger charge is 2.38. The van der Waals surface area contributed by atoms with Gasteiger partial charge in [-0.1, -0.05) is 13.8 Å². The molecule has 1 aromatic carbocycles. The van der Waals surface area contributed by atoms with Crippen LogP contribution in [0.25, 0.3) is 0 Å². The van der Waals surface area contributed by atoms with Crippen molar-refractivity contribution < 1.29 is 8.78 Å². The molecule has 0 spiro atoms. The summed E-state index contributed by atoms with van der Waals surface area (Å²) in [5.41, 5.74) is 0.391. The van der Waals surface area contributed by atoms with Crippen LogP contribution in [0.2, 0.25) is 0 Å². The Hall–Kier alpha value is -1.43. The van der Waals surface area contributed by atoms with Gasteiger partial charge in [0.1, 0.15) is 11.6 Å². The molecule has 0 heterocycles. The summed E-state index contributed by atoms with van der Waals surface area (Å²) in [6.07, 6.45) is 4.01. The van der Waals surface area contributed by atoms with Gasteiger partial charge in [0.25, 0.3) is 0 Å². The Balaban J connectivity index is 2.18. The van der Waals surface area contributed by atoms with Gasteiger partial charge in [0, 0.05) is 6.07 Å². The number of halogens is 2. The molecule has 19 heavy (non-hydrogen) atoms. The Morgan fingerprint density at radius 2 is 1.58 bits per heavy atom. The third-order valence-electron chi connectivity index (χ3n) is 4.26. The zero-order valence-corrected chi connectivity index (χ0v) is 11.5. The molecule has 2 rings (SSSR count). The van der Waals surface area contributed by atoms with Gasteiger partial charge in [-0.05, 0) is 55.2 Å². The lowest BCUT2D eigenvalue weighted by Gasteiger charge is -2.39. The van der Waals surface area contributed by atoms with Gasteiger partial charge in [0.2, 0.25) is 0 Å². The average molecular weight is 263 g/mol. The first-order chi connectivity index (χ1) is 8.84. The summed E-state index contributed by atoms with van der Waals surface area (Å²) in [4.78, 5) is 0. The fourth-order valence-electron chi connectivity index (χ4n) is 2.84. The molecule has 0 N–H and O–H groups in total. The predicted molar refractivity (Wildman–Crippen MR) is 70.4 cm³/mol. The fourth-order valence-corrected chi connectivity index (χ4v) is 2.84. The van der Waals surface area contributed by atoms with E-state index in [-0.39, 0.29) is 5.41 Å². The summed E-state index contributed by atoms with van der Waals surface area (Å²) < 4.78 is 26.4. The molecule has 0 aliphatic heterocycles. The second kappa shape index (κ2) is 4.92. The summed E-state index contributed by atoms with van der Waals surface area (Å²) in [7, 11) is 0. The van der Waals surface area contributed by atoms with E-state index in [2.05, 4.69) is 19.9 Å². The molecular formula is C16H19F2N. The van der Waals surface area contributed by atoms with E-state index < -0.39 is 17.0 Å². The van der Waals surface area contributed by atoms with E-state index in [1.165, 1.54) is 12.1 Å². The van der Waals surface area contributed by atoms with E-state index in [4.69, 9.17) is 0 Å². The Bertz CT molecular complexity index is 484. The van der Waals surface area contributed by atoms with Crippen molar-refractivity contribution in [3.63, 3.8) is 0 Å². The Kier molecular flexibility index (Phi) is 3.62. The van der Waals surface area contributed by atoms with Crippen LogP contribution < -0.4 is 0 Å². The maximum Gasteiger partial charge on any atom is 0.126 e. The normalized spacial score (nSPS) is 20.8. The predicted octanol–water partition coefficient (Wildman–Crippen LogP) is 4.62. The molecule has 1 fully saturated rings. The molecule has 3 heteroatoms. The van der Waals surface area contributed by atoms with Gasteiger partial charge in [0.15, 0.2) is 0 Å². The smallest absolute Gasteiger partial charge is 0.126 e. The maximum atomic E-state index is 13.2. The fraction of sp³-hybridized carbons (Fsp3) is 0.562. The van der Waals surface area contributed by atoms with Crippen molar-refractivity contribution in [3.8, 4) is 6.07 Å². The maximum absolute atomic E-state index is 13.2. The van der Waals surface area contributed by atoms with Crippen molar-refractivity contribution in [1.82, 2.24) is 0 Å². The molecule has 1 aliphatic rings. The third kappa shape index (κ3) is 3.32. The first-order valence-electron chi connectivity index (χ1n) is 6.70. The van der Waals surface area contributed by atoms with E-state index in [1.54, 1.807) is 0 Å². The van der Waals surface area contributed by atoms with Crippen LogP contribution in [0.15, 0.2) is 18.2 Å². The minimum Gasteiger partial charge on any atom is -0.207 e. The van der Waals surface area contributed by atoms with Crippen LogP contribution in [0.5, 0.6) is 0 Å². The number of nitrogens with zero attached hydrogens (tertiary/aromatic N) is 1. The highest BCUT2D eigenvalue weighted by atomic mass is 19.1. The lowest BCUT2D eigenvalue weighted by molar-refractivity contribution is 0.146. The average Bonchev–Trinajstić information content (AvgIpc) is 2.31. The molecule has 0 radical (unpaired) electrons. The molecule has 0 unspecified atom stereocenters. The molecule has 0 aromatic heterocycles. The van der Waals surface area contributed by atoms with Crippen molar-refractivity contribution in [3.05, 3.63) is 35.4 Å². The quantitative estimate of drug-likeness (QED) is 0.764. The summed E-state index contributed by atoms with van der Waals surface area (Å²) >= 11 is 0. The van der Waals surface area contributed by atoms with Crippen molar-refractivity contribution in [2.45, 2.75) is 46.0 Å². The van der Waals surface area contributed by atoms with E-state index in [0.29, 0.717) is 12.0 Å². The van der Waals surface area contributed by atoms with Gasteiger partial charge < -0.3 is 0 Å². The monoisotopic (exact) mass is 263 g/mol. The van der Waals surface area contributed by atoms with Gasteiger partial charge in [-0.25, -0.2) is 8.78 Å². The second-order valence-corrected chi connectivity index (χ2v) is 6.51. The topological polar surface area (TPSA) is 23.8 Å². The van der Waals surface area contributed by atoms with Crippen molar-refractivity contribution in [2.75, 3.05) is 0 Å². The Morgan fingerprint density at radius 1 is 1.05 bits per heavy atom. The molecule has 0 amide bonds. The number of hydrogen-bond acceptors (Lipinski definition) is 1. The summed E-state index contributed by atoms with van der Waals surface area (Å²) in [6.45, 7) is 4.41. The van der Waals surface area contributed by atoms with Gasteiger partial charge in [-0.15, -0.1) is 0 Å². The van der Waals surface area contributed by atoms with Gasteiger partial charge in [0.05, 0.1) is 11.5 Å². The van der Waals surface area contributed by atoms with Crippen LogP contribution in [0, 0.1) is 33.8 Å². The van der Waals surface area contributed by atoms with E-state index >= 15 is 0 Å². The van der Waals surface area contributed by atoms with Crippen molar-refractivity contribution >= 4 is 0 Å². The SMILES string of the molecule is CC1(C)CCC(C#N)(Cc2cc(F)cc(F)c2)CC1. The largest absolute Gasteiger partial charge is 0.207 e. The number of benzene rings is 1. The van der Waals surface area contributed by atoms with Crippen LogP contribution in [0.3, 0.4) is 0 Å². The van der Waals surface area contributed by atoms with Crippen LogP contribution >= 0.6 is 0 Å². The van der Waals surface area contributed by atoms with Crippen molar-refractivity contribution in [2.24, 2.45) is 10.8 Å². The molecule has 1 aliphatic carbocycles. The lowest BCUT2D eigenvalue weighted by Crippen LogP contribution is -2.31. The van der Waals surface area contributed by atoms with Gasteiger partial charge in [-0.2, -0.15) is 5.26 Å². The summed E-state index contributed by atoms with van der Waals surface area (Å²) in [5, 5.41) is 9.47. The first kappa shape index (κ1) is 14.0. The van der Waals surface area contributed by atoms with Crippen molar-refractivity contribution in [1.29, 1.82) is 5.26 Å². The molecule has 0 atom stereocenters. The highest BCUT2D eigenvalue weighted by Crippen LogP contribution is 2.46. The zero-order valence-electron chi connectivity index (χ0n) is 11.5. The summed E-state index contributed by atoms with van der Waals surface area (Å²) in [6, 6.07) is 5.94. The number of nitriles is 1. The highest BCUT2D eigenvalue weighted by molar-refractivity contribution is 5.22. The van der Waals surface area contributed by atoms with E-state index in [9.17, 15) is 14.0 Å². The van der Waals surface area contributed by atoms with E-state index in [0.717, 1.165) is 31.7 Å². The van der Waals surface area contributed by atoms with Gasteiger partial charge in [-0.3, -0.25) is 0 Å². The number of hydrogen-bond donors (Lipinski definition) is 0. The lowest BCUT2D eigenvalue weighted by atomic mass is 9.64. The first-order valence-corrected chi connectivity index (χ1v) is 6.70. The second-order valence-electron chi connectivity index (χ2n) is 6.51. The minimum absolute atomic E-state index is 0.271. The molecule has 102 valence electrons. The Morgan fingerprint density at radius 3 is 2.05 bits per heavy atom. The minimum atomic E-state index is -0.570. The zero-order chi connectivity index (χ0) is 14.1. The third-order valence-corrected chi connectivity index (χ3v) is 4.26. The molecule has 1 saturated carbocycles. The molecule has 1 aromatic rings. The molecule has 1 nitrogen and oxygen atoms in total. The van der Waals surface area contributed by atoms with Crippen LogP contribution in [-0.4, -0.2) is 0 Å². The molecule has 0 saturated heterocycles. The summed E-state index contributed by atoms with van der Waals surface area (Å²) in [5.74, 6) is -1.14.